The van der Waals surface area contributed by atoms with Crippen molar-refractivity contribution in [3.05, 3.63) is 0 Å². The van der Waals surface area contributed by atoms with Crippen molar-refractivity contribution in [2.75, 3.05) is 13.2 Å². The molecule has 25 heavy (non-hydrogen) atoms. The van der Waals surface area contributed by atoms with Crippen LogP contribution < -0.4 is 0 Å². The van der Waals surface area contributed by atoms with Gasteiger partial charge in [0.05, 0.1) is 6.10 Å². The molecule has 0 bridgehead atoms. The molecule has 0 heterocycles. The van der Waals surface area contributed by atoms with E-state index in [1.54, 1.807) is 0 Å². The molecule has 3 fully saturated rings. The zero-order chi connectivity index (χ0) is 18.5. The minimum atomic E-state index is -1.07. The van der Waals surface area contributed by atoms with Crippen LogP contribution in [0.25, 0.3) is 0 Å². The first kappa shape index (κ1) is 19.2. The molecule has 0 amide bonds. The molecular formula is C21H34O4. The Morgan fingerprint density at radius 1 is 1.00 bits per heavy atom. The molecule has 8 atom stereocenters. The number of hydrogen-bond donors (Lipinski definition) is 4. The van der Waals surface area contributed by atoms with Crippen LogP contribution in [0.1, 0.15) is 58.8 Å². The molecule has 3 aliphatic rings. The van der Waals surface area contributed by atoms with Crippen LogP contribution in [0, 0.1) is 46.8 Å². The second-order valence-corrected chi connectivity index (χ2v) is 9.37. The molecule has 3 rings (SSSR count). The fourth-order valence-corrected chi connectivity index (χ4v) is 6.78. The Bertz CT molecular complexity index is 543. The van der Waals surface area contributed by atoms with Crippen LogP contribution in [0.4, 0.5) is 0 Å². The molecule has 0 spiro atoms. The lowest BCUT2D eigenvalue weighted by Gasteiger charge is -2.57. The summed E-state index contributed by atoms with van der Waals surface area (Å²) in [7, 11) is 0. The average Bonchev–Trinajstić information content (AvgIpc) is 2.88. The Labute approximate surface area is 151 Å². The topological polar surface area (TPSA) is 80.9 Å². The second kappa shape index (κ2) is 6.53. The standard InChI is InChI=1S/C21H34O4/c1-4-21(25)10-7-18-16(13-23)17(6-9-20(18,21)3)19(2)8-5-15(24)11-14(19)12-22/h1,14-18,22-25H,5-13H2,2-3H3/t14-,15+,16-,17+,18+,19+,20+,21+/m1/s1. The molecule has 0 radical (unpaired) electrons. The first-order valence-corrected chi connectivity index (χ1v) is 9.85. The van der Waals surface area contributed by atoms with Crippen LogP contribution in [0.15, 0.2) is 0 Å². The molecule has 4 heteroatoms. The highest BCUT2D eigenvalue weighted by Gasteiger charge is 2.63. The zero-order valence-electron chi connectivity index (χ0n) is 15.6. The third kappa shape index (κ3) is 2.67. The Kier molecular flexibility index (Phi) is 5.01. The monoisotopic (exact) mass is 350 g/mol. The maximum atomic E-state index is 11.0. The van der Waals surface area contributed by atoms with Gasteiger partial charge in [0, 0.05) is 18.6 Å². The summed E-state index contributed by atoms with van der Waals surface area (Å²) in [6.07, 6.45) is 10.9. The first-order chi connectivity index (χ1) is 11.8. The van der Waals surface area contributed by atoms with E-state index in [-0.39, 0.29) is 47.9 Å². The van der Waals surface area contributed by atoms with Crippen molar-refractivity contribution in [2.45, 2.75) is 70.5 Å². The lowest BCUT2D eigenvalue weighted by molar-refractivity contribution is -0.134. The van der Waals surface area contributed by atoms with E-state index in [0.717, 1.165) is 32.1 Å². The van der Waals surface area contributed by atoms with E-state index in [1.807, 2.05) is 0 Å². The quantitative estimate of drug-likeness (QED) is 0.587. The van der Waals surface area contributed by atoms with Gasteiger partial charge in [-0.05, 0) is 74.0 Å². The summed E-state index contributed by atoms with van der Waals surface area (Å²) < 4.78 is 0. The van der Waals surface area contributed by atoms with Gasteiger partial charge in [-0.3, -0.25) is 0 Å². The van der Waals surface area contributed by atoms with Crippen LogP contribution in [-0.2, 0) is 0 Å². The van der Waals surface area contributed by atoms with E-state index in [4.69, 9.17) is 6.42 Å². The van der Waals surface area contributed by atoms with Gasteiger partial charge >= 0.3 is 0 Å². The molecule has 0 saturated heterocycles. The number of rotatable bonds is 3. The van der Waals surface area contributed by atoms with Gasteiger partial charge < -0.3 is 20.4 Å². The Morgan fingerprint density at radius 2 is 1.68 bits per heavy atom. The predicted octanol–water partition coefficient (Wildman–Crippen LogP) is 1.95. The summed E-state index contributed by atoms with van der Waals surface area (Å²) in [5.74, 6) is 3.31. The highest BCUT2D eigenvalue weighted by Crippen LogP contribution is 2.64. The number of hydrogen-bond acceptors (Lipinski definition) is 4. The molecule has 4 nitrogen and oxygen atoms in total. The van der Waals surface area contributed by atoms with Gasteiger partial charge in [-0.2, -0.15) is 0 Å². The smallest absolute Gasteiger partial charge is 0.130 e. The molecule has 0 aromatic rings. The van der Waals surface area contributed by atoms with Crippen LogP contribution in [-0.4, -0.2) is 45.3 Å². The van der Waals surface area contributed by atoms with Crippen molar-refractivity contribution in [3.63, 3.8) is 0 Å². The van der Waals surface area contributed by atoms with Gasteiger partial charge in [-0.15, -0.1) is 6.42 Å². The minimum Gasteiger partial charge on any atom is -0.396 e. The van der Waals surface area contributed by atoms with Gasteiger partial charge in [0.15, 0.2) is 0 Å². The largest absolute Gasteiger partial charge is 0.396 e. The molecular weight excluding hydrogens is 316 g/mol. The van der Waals surface area contributed by atoms with Crippen LogP contribution in [0.2, 0.25) is 0 Å². The SMILES string of the molecule is C#C[C@]1(O)CC[C@H]2[C@H](CO)[C@@H]([C@@]3(C)CC[C@H](O)C[C@@H]3CO)CC[C@@]21C. The van der Waals surface area contributed by atoms with E-state index in [2.05, 4.69) is 19.8 Å². The zero-order valence-corrected chi connectivity index (χ0v) is 15.6. The maximum absolute atomic E-state index is 11.0. The van der Waals surface area contributed by atoms with Gasteiger partial charge in [0.1, 0.15) is 5.60 Å². The number of fused-ring (bicyclic) bond motifs is 1. The summed E-state index contributed by atoms with van der Waals surface area (Å²) in [6.45, 7) is 4.51. The third-order valence-corrected chi connectivity index (χ3v) is 8.61. The third-order valence-electron chi connectivity index (χ3n) is 8.61. The molecule has 0 unspecified atom stereocenters. The summed E-state index contributed by atoms with van der Waals surface area (Å²) in [5, 5.41) is 41.2. The lowest BCUT2D eigenvalue weighted by atomic mass is 9.48. The molecule has 142 valence electrons. The summed E-state index contributed by atoms with van der Waals surface area (Å²) >= 11 is 0. The highest BCUT2D eigenvalue weighted by atomic mass is 16.3. The average molecular weight is 350 g/mol. The van der Waals surface area contributed by atoms with Crippen molar-refractivity contribution < 1.29 is 20.4 Å². The lowest BCUT2D eigenvalue weighted by Crippen LogP contribution is -2.55. The van der Waals surface area contributed by atoms with Crippen molar-refractivity contribution in [3.8, 4) is 12.3 Å². The highest BCUT2D eigenvalue weighted by molar-refractivity contribution is 5.23. The molecule has 0 aromatic carbocycles. The Morgan fingerprint density at radius 3 is 2.28 bits per heavy atom. The van der Waals surface area contributed by atoms with Crippen molar-refractivity contribution in [1.82, 2.24) is 0 Å². The normalized spacial score (nSPS) is 53.2. The van der Waals surface area contributed by atoms with Gasteiger partial charge in [0.2, 0.25) is 0 Å². The second-order valence-electron chi connectivity index (χ2n) is 9.37. The van der Waals surface area contributed by atoms with E-state index < -0.39 is 5.60 Å². The summed E-state index contributed by atoms with van der Waals surface area (Å²) in [6, 6.07) is 0. The minimum absolute atomic E-state index is 0.0626. The Balaban J connectivity index is 1.91. The summed E-state index contributed by atoms with van der Waals surface area (Å²) in [5.41, 5.74) is -1.50. The fraction of sp³-hybridized carbons (Fsp3) is 0.905. The molecule has 0 aliphatic heterocycles. The van der Waals surface area contributed by atoms with Crippen molar-refractivity contribution in [1.29, 1.82) is 0 Å². The van der Waals surface area contributed by atoms with Gasteiger partial charge in [-0.1, -0.05) is 19.8 Å². The molecule has 3 saturated carbocycles. The van der Waals surface area contributed by atoms with Crippen LogP contribution in [0.3, 0.4) is 0 Å². The Hall–Kier alpha value is -0.600. The number of terminal acetylenes is 1. The van der Waals surface area contributed by atoms with E-state index in [1.165, 1.54) is 0 Å². The predicted molar refractivity (Wildman–Crippen MR) is 96.5 cm³/mol. The van der Waals surface area contributed by atoms with Crippen LogP contribution in [0.5, 0.6) is 0 Å². The van der Waals surface area contributed by atoms with Gasteiger partial charge in [-0.25, -0.2) is 0 Å². The van der Waals surface area contributed by atoms with E-state index >= 15 is 0 Å². The molecule has 4 N–H and O–H groups in total. The first-order valence-electron chi connectivity index (χ1n) is 9.85. The van der Waals surface area contributed by atoms with E-state index in [0.29, 0.717) is 18.8 Å². The van der Waals surface area contributed by atoms with Gasteiger partial charge in [0.25, 0.3) is 0 Å². The molecule has 3 aliphatic carbocycles. The van der Waals surface area contributed by atoms with Crippen LogP contribution >= 0.6 is 0 Å². The van der Waals surface area contributed by atoms with E-state index in [9.17, 15) is 20.4 Å². The summed E-state index contributed by atoms with van der Waals surface area (Å²) in [4.78, 5) is 0. The number of aliphatic hydroxyl groups excluding tert-OH is 3. The van der Waals surface area contributed by atoms with Crippen molar-refractivity contribution >= 4 is 0 Å². The maximum Gasteiger partial charge on any atom is 0.130 e. The number of aliphatic hydroxyl groups is 4. The van der Waals surface area contributed by atoms with Crippen molar-refractivity contribution in [2.24, 2.45) is 34.5 Å². The fourth-order valence-electron chi connectivity index (χ4n) is 6.78. The molecule has 0 aromatic heterocycles.